The van der Waals surface area contributed by atoms with Crippen LogP contribution in [0.4, 0.5) is 0 Å². The van der Waals surface area contributed by atoms with Crippen LogP contribution >= 0.6 is 0 Å². The van der Waals surface area contributed by atoms with Crippen LogP contribution < -0.4 is 33.2 Å². The van der Waals surface area contributed by atoms with E-state index in [-0.39, 0.29) is 41.9 Å². The van der Waals surface area contributed by atoms with Crippen LogP contribution in [0.1, 0.15) is 63.5 Å². The Bertz CT molecular complexity index is 1430. The summed E-state index contributed by atoms with van der Waals surface area (Å²) in [5, 5.41) is 8.69. The lowest BCUT2D eigenvalue weighted by atomic mass is 9.99. The SMILES string of the molecule is CC(C)CC(NC(=O)C(Cc1ccccc1)NC(=O)C(N)Cc1ccccc1)C(=O)NC(CCCCN)C(=O)N1CC2CC(C(N)=O)CC2C1. The van der Waals surface area contributed by atoms with Gasteiger partial charge in [0, 0.05) is 25.4 Å². The van der Waals surface area contributed by atoms with Crippen LogP contribution in [-0.2, 0) is 36.8 Å². The molecule has 272 valence electrons. The van der Waals surface area contributed by atoms with Gasteiger partial charge in [0.25, 0.3) is 0 Å². The predicted octanol–water partition coefficient (Wildman–Crippen LogP) is 1.40. The third-order valence-corrected chi connectivity index (χ3v) is 9.92. The Morgan fingerprint density at radius 1 is 0.740 bits per heavy atom. The van der Waals surface area contributed by atoms with Crippen molar-refractivity contribution in [3.05, 3.63) is 71.8 Å². The molecule has 6 atom stereocenters. The summed E-state index contributed by atoms with van der Waals surface area (Å²) in [6.45, 7) is 5.41. The van der Waals surface area contributed by atoms with Gasteiger partial charge in [-0.15, -0.1) is 0 Å². The number of nitrogens with zero attached hydrogens (tertiary/aromatic N) is 1. The Balaban J connectivity index is 1.46. The highest BCUT2D eigenvalue weighted by molar-refractivity contribution is 5.95. The predicted molar refractivity (Wildman–Crippen MR) is 192 cm³/mol. The average molecular weight is 690 g/mol. The highest BCUT2D eigenvalue weighted by Gasteiger charge is 2.45. The quantitative estimate of drug-likeness (QED) is 0.127. The molecule has 2 aromatic carbocycles. The Morgan fingerprint density at radius 2 is 1.26 bits per heavy atom. The molecule has 6 unspecified atom stereocenters. The third-order valence-electron chi connectivity index (χ3n) is 9.92. The number of amides is 5. The van der Waals surface area contributed by atoms with Crippen LogP contribution in [0.2, 0.25) is 0 Å². The van der Waals surface area contributed by atoms with E-state index in [9.17, 15) is 24.0 Å². The van der Waals surface area contributed by atoms with Gasteiger partial charge in [0.1, 0.15) is 18.1 Å². The van der Waals surface area contributed by atoms with Crippen molar-refractivity contribution in [1.82, 2.24) is 20.9 Å². The number of likely N-dealkylation sites (tertiary alicyclic amines) is 1. The van der Waals surface area contributed by atoms with Gasteiger partial charge < -0.3 is 38.1 Å². The zero-order valence-corrected chi connectivity index (χ0v) is 29.4. The van der Waals surface area contributed by atoms with Gasteiger partial charge in [0.2, 0.25) is 29.5 Å². The molecule has 1 aliphatic carbocycles. The highest BCUT2D eigenvalue weighted by atomic mass is 16.2. The first-order chi connectivity index (χ1) is 23.9. The van der Waals surface area contributed by atoms with Crippen LogP contribution in [0.3, 0.4) is 0 Å². The first-order valence-corrected chi connectivity index (χ1v) is 18.0. The molecule has 2 aliphatic rings. The maximum absolute atomic E-state index is 13.9. The molecule has 12 nitrogen and oxygen atoms in total. The molecule has 0 radical (unpaired) electrons. The van der Waals surface area contributed by atoms with Crippen molar-refractivity contribution in [3.8, 4) is 0 Å². The van der Waals surface area contributed by atoms with E-state index in [1.54, 1.807) is 4.90 Å². The van der Waals surface area contributed by atoms with Gasteiger partial charge in [0.05, 0.1) is 6.04 Å². The van der Waals surface area contributed by atoms with Gasteiger partial charge in [-0.3, -0.25) is 24.0 Å². The summed E-state index contributed by atoms with van der Waals surface area (Å²) in [4.78, 5) is 68.5. The largest absolute Gasteiger partial charge is 0.369 e. The second kappa shape index (κ2) is 18.6. The molecular formula is C38H55N7O5. The Kier molecular flexibility index (Phi) is 14.4. The molecule has 2 fully saturated rings. The zero-order valence-electron chi connectivity index (χ0n) is 29.4. The molecule has 9 N–H and O–H groups in total. The normalized spacial score (nSPS) is 20.7. The lowest BCUT2D eigenvalue weighted by Crippen LogP contribution is -2.58. The van der Waals surface area contributed by atoms with Crippen LogP contribution in [0.15, 0.2) is 60.7 Å². The van der Waals surface area contributed by atoms with Crippen molar-refractivity contribution < 1.29 is 24.0 Å². The van der Waals surface area contributed by atoms with Gasteiger partial charge in [-0.05, 0) is 80.4 Å². The fourth-order valence-electron chi connectivity index (χ4n) is 7.23. The maximum atomic E-state index is 13.9. The van der Waals surface area contributed by atoms with Crippen LogP contribution in [0.5, 0.6) is 0 Å². The van der Waals surface area contributed by atoms with Crippen molar-refractivity contribution in [2.24, 2.45) is 40.9 Å². The highest BCUT2D eigenvalue weighted by Crippen LogP contribution is 2.41. The van der Waals surface area contributed by atoms with E-state index in [0.29, 0.717) is 64.6 Å². The lowest BCUT2D eigenvalue weighted by Gasteiger charge is -2.29. The Morgan fingerprint density at radius 3 is 1.80 bits per heavy atom. The van der Waals surface area contributed by atoms with E-state index in [1.165, 1.54) is 0 Å². The smallest absolute Gasteiger partial charge is 0.245 e. The number of hydrogen-bond acceptors (Lipinski definition) is 7. The maximum Gasteiger partial charge on any atom is 0.245 e. The molecule has 4 rings (SSSR count). The molecule has 12 heteroatoms. The van der Waals surface area contributed by atoms with Crippen molar-refractivity contribution in [2.75, 3.05) is 19.6 Å². The first kappa shape index (κ1) is 38.5. The van der Waals surface area contributed by atoms with Gasteiger partial charge in [-0.2, -0.15) is 0 Å². The fourth-order valence-corrected chi connectivity index (χ4v) is 7.23. The summed E-state index contributed by atoms with van der Waals surface area (Å²) in [7, 11) is 0. The fraction of sp³-hybridized carbons (Fsp3) is 0.553. The van der Waals surface area contributed by atoms with Gasteiger partial charge in [-0.25, -0.2) is 0 Å². The van der Waals surface area contributed by atoms with E-state index >= 15 is 0 Å². The number of nitrogens with two attached hydrogens (primary N) is 3. The average Bonchev–Trinajstić information content (AvgIpc) is 3.68. The minimum Gasteiger partial charge on any atom is -0.369 e. The zero-order chi connectivity index (χ0) is 36.2. The number of rotatable bonds is 18. The summed E-state index contributed by atoms with van der Waals surface area (Å²) in [6.07, 6.45) is 3.92. The number of hydrogen-bond donors (Lipinski definition) is 6. The van der Waals surface area contributed by atoms with E-state index in [0.717, 1.165) is 11.1 Å². The molecular weight excluding hydrogens is 634 g/mol. The minimum absolute atomic E-state index is 0.0371. The number of primary amides is 1. The van der Waals surface area contributed by atoms with Gasteiger partial charge >= 0.3 is 0 Å². The molecule has 2 aromatic rings. The van der Waals surface area contributed by atoms with Gasteiger partial charge in [-0.1, -0.05) is 74.5 Å². The standard InChI is InChI=1S/C38H55N7O5/c1-24(2)17-32(36(48)42-31(15-9-10-16-39)38(50)45-22-28-20-27(34(41)46)21-29(28)23-45)44-37(49)33(19-26-13-7-4-8-14-26)43-35(47)30(40)18-25-11-5-3-6-12-25/h3-8,11-14,24,27-33H,9-10,15-23,39-40H2,1-2H3,(H2,41,46)(H,42,48)(H,43,47)(H,44,49). The number of carbonyl (C=O) groups excluding carboxylic acids is 5. The van der Waals surface area contributed by atoms with Crippen LogP contribution in [0.25, 0.3) is 0 Å². The molecule has 1 heterocycles. The molecule has 0 bridgehead atoms. The number of benzene rings is 2. The summed E-state index contributed by atoms with van der Waals surface area (Å²) in [5.41, 5.74) is 19.3. The summed E-state index contributed by atoms with van der Waals surface area (Å²) in [6, 6.07) is 15.1. The monoisotopic (exact) mass is 689 g/mol. The van der Waals surface area contributed by atoms with E-state index in [2.05, 4.69) is 16.0 Å². The molecule has 1 saturated heterocycles. The van der Waals surface area contributed by atoms with E-state index in [1.807, 2.05) is 74.5 Å². The second-order valence-electron chi connectivity index (χ2n) is 14.4. The Hall–Kier alpha value is -4.29. The van der Waals surface area contributed by atoms with Crippen LogP contribution in [0, 0.1) is 23.7 Å². The molecule has 0 spiro atoms. The van der Waals surface area contributed by atoms with Crippen molar-refractivity contribution >= 4 is 29.5 Å². The second-order valence-corrected chi connectivity index (χ2v) is 14.4. The summed E-state index contributed by atoms with van der Waals surface area (Å²) >= 11 is 0. The topological polar surface area (TPSA) is 203 Å². The van der Waals surface area contributed by atoms with Gasteiger partial charge in [0.15, 0.2) is 0 Å². The molecule has 50 heavy (non-hydrogen) atoms. The first-order valence-electron chi connectivity index (χ1n) is 18.0. The molecule has 1 saturated carbocycles. The van der Waals surface area contributed by atoms with E-state index in [4.69, 9.17) is 17.2 Å². The minimum atomic E-state index is -0.996. The van der Waals surface area contributed by atoms with Crippen molar-refractivity contribution in [1.29, 1.82) is 0 Å². The van der Waals surface area contributed by atoms with E-state index < -0.39 is 41.9 Å². The third kappa shape index (κ3) is 11.1. The molecule has 1 aliphatic heterocycles. The number of nitrogens with one attached hydrogen (secondary N) is 3. The Labute approximate surface area is 295 Å². The summed E-state index contributed by atoms with van der Waals surface area (Å²) in [5.74, 6) is -1.61. The lowest BCUT2D eigenvalue weighted by molar-refractivity contribution is -0.137. The summed E-state index contributed by atoms with van der Waals surface area (Å²) < 4.78 is 0. The molecule has 5 amide bonds. The number of carbonyl (C=O) groups is 5. The number of fused-ring (bicyclic) bond motifs is 1. The van der Waals surface area contributed by atoms with Crippen molar-refractivity contribution in [2.45, 2.75) is 89.4 Å². The van der Waals surface area contributed by atoms with Crippen LogP contribution in [-0.4, -0.2) is 78.2 Å². The number of unbranched alkanes of at least 4 members (excludes halogenated alkanes) is 1. The molecule has 0 aromatic heterocycles. The van der Waals surface area contributed by atoms with Crippen molar-refractivity contribution in [3.63, 3.8) is 0 Å².